The van der Waals surface area contributed by atoms with E-state index >= 15 is 0 Å². The molecule has 1 unspecified atom stereocenters. The number of halogens is 1. The van der Waals surface area contributed by atoms with E-state index in [0.29, 0.717) is 16.1 Å². The number of benzene rings is 1. The van der Waals surface area contributed by atoms with Crippen molar-refractivity contribution >= 4 is 25.8 Å². The Labute approximate surface area is 106 Å². The molecule has 0 fully saturated rings. The van der Waals surface area contributed by atoms with Crippen LogP contribution in [0.25, 0.3) is 0 Å². The Morgan fingerprint density at radius 2 is 1.81 bits per heavy atom. The normalized spacial score (nSPS) is 13.7. The molecule has 1 rings (SSSR count). The number of alkyl halides is 1. The molecule has 0 bridgehead atoms. The second-order valence-corrected chi connectivity index (χ2v) is 7.62. The zero-order valence-electron chi connectivity index (χ0n) is 9.61. The molecule has 2 nitrogen and oxygen atoms in total. The van der Waals surface area contributed by atoms with Gasteiger partial charge in [-0.05, 0) is 30.5 Å². The predicted molar refractivity (Wildman–Crippen MR) is 70.9 cm³/mol. The number of rotatable bonds is 5. The van der Waals surface area contributed by atoms with E-state index in [1.165, 1.54) is 0 Å². The van der Waals surface area contributed by atoms with Crippen molar-refractivity contribution in [2.45, 2.75) is 36.4 Å². The Morgan fingerprint density at radius 1 is 1.25 bits per heavy atom. The Balaban J connectivity index is 2.87. The summed E-state index contributed by atoms with van der Waals surface area (Å²) >= 11 is 3.48. The van der Waals surface area contributed by atoms with Crippen molar-refractivity contribution in [2.24, 2.45) is 0 Å². The summed E-state index contributed by atoms with van der Waals surface area (Å²) in [5.74, 6) is 0.223. The minimum atomic E-state index is -3.07. The first-order valence-electron chi connectivity index (χ1n) is 5.41. The third kappa shape index (κ3) is 3.91. The highest BCUT2D eigenvalue weighted by Crippen LogP contribution is 2.15. The molecule has 0 aliphatic rings. The van der Waals surface area contributed by atoms with Crippen molar-refractivity contribution in [3.63, 3.8) is 0 Å². The summed E-state index contributed by atoms with van der Waals surface area (Å²) in [5.41, 5.74) is 1.15. The van der Waals surface area contributed by atoms with Crippen LogP contribution in [0.5, 0.6) is 0 Å². The monoisotopic (exact) mass is 304 g/mol. The lowest BCUT2D eigenvalue weighted by Gasteiger charge is -2.06. The average Bonchev–Trinajstić information content (AvgIpc) is 2.17. The van der Waals surface area contributed by atoms with Gasteiger partial charge in [-0.15, -0.1) is 0 Å². The van der Waals surface area contributed by atoms with Crippen LogP contribution in [0.1, 0.15) is 25.8 Å². The molecule has 0 spiro atoms. The van der Waals surface area contributed by atoms with Crippen LogP contribution < -0.4 is 0 Å². The SMILES string of the molecule is CCCS(=O)(=O)c1ccc(CC(C)Br)cc1. The Morgan fingerprint density at radius 3 is 2.25 bits per heavy atom. The van der Waals surface area contributed by atoms with E-state index in [1.807, 2.05) is 19.1 Å². The third-order valence-electron chi connectivity index (χ3n) is 2.27. The predicted octanol–water partition coefficient (Wildman–Crippen LogP) is 3.20. The fraction of sp³-hybridized carbons (Fsp3) is 0.500. The van der Waals surface area contributed by atoms with Gasteiger partial charge in [0, 0.05) is 4.83 Å². The van der Waals surface area contributed by atoms with Crippen LogP contribution >= 0.6 is 15.9 Å². The van der Waals surface area contributed by atoms with Crippen molar-refractivity contribution < 1.29 is 8.42 Å². The van der Waals surface area contributed by atoms with Crippen LogP contribution in [0.4, 0.5) is 0 Å². The smallest absolute Gasteiger partial charge is 0.178 e. The molecule has 1 aromatic carbocycles. The van der Waals surface area contributed by atoms with Gasteiger partial charge in [-0.1, -0.05) is 41.9 Å². The van der Waals surface area contributed by atoms with Crippen molar-refractivity contribution in [2.75, 3.05) is 5.75 Å². The van der Waals surface area contributed by atoms with Gasteiger partial charge in [0.2, 0.25) is 0 Å². The minimum Gasteiger partial charge on any atom is -0.224 e. The first kappa shape index (κ1) is 13.7. The van der Waals surface area contributed by atoms with Gasteiger partial charge in [0.05, 0.1) is 10.6 Å². The molecule has 0 saturated heterocycles. The number of hydrogen-bond acceptors (Lipinski definition) is 2. The standard InChI is InChI=1S/C12H17BrO2S/c1-3-8-16(14,15)12-6-4-11(5-7-12)9-10(2)13/h4-7,10H,3,8-9H2,1-2H3. The molecular formula is C12H17BrO2S. The zero-order valence-corrected chi connectivity index (χ0v) is 12.0. The average molecular weight is 305 g/mol. The maximum absolute atomic E-state index is 11.8. The van der Waals surface area contributed by atoms with E-state index in [9.17, 15) is 8.42 Å². The van der Waals surface area contributed by atoms with Crippen molar-refractivity contribution in [1.29, 1.82) is 0 Å². The molecular weight excluding hydrogens is 288 g/mol. The van der Waals surface area contributed by atoms with Crippen LogP contribution in [0, 0.1) is 0 Å². The lowest BCUT2D eigenvalue weighted by Crippen LogP contribution is -2.06. The first-order valence-corrected chi connectivity index (χ1v) is 7.98. The summed E-state index contributed by atoms with van der Waals surface area (Å²) in [7, 11) is -3.07. The summed E-state index contributed by atoms with van der Waals surface area (Å²) in [6.45, 7) is 3.94. The Bertz CT molecular complexity index is 421. The van der Waals surface area contributed by atoms with Gasteiger partial charge in [0.15, 0.2) is 9.84 Å². The van der Waals surface area contributed by atoms with E-state index < -0.39 is 9.84 Å². The molecule has 0 radical (unpaired) electrons. The molecule has 0 heterocycles. The molecule has 1 aromatic rings. The summed E-state index contributed by atoms with van der Waals surface area (Å²) in [6, 6.07) is 7.19. The summed E-state index contributed by atoms with van der Waals surface area (Å²) in [4.78, 5) is 0.839. The molecule has 90 valence electrons. The molecule has 0 aliphatic heterocycles. The maximum Gasteiger partial charge on any atom is 0.178 e. The van der Waals surface area contributed by atoms with Crippen molar-refractivity contribution in [3.05, 3.63) is 29.8 Å². The van der Waals surface area contributed by atoms with E-state index in [2.05, 4.69) is 22.9 Å². The van der Waals surface area contributed by atoms with Gasteiger partial charge >= 0.3 is 0 Å². The fourth-order valence-electron chi connectivity index (χ4n) is 1.54. The van der Waals surface area contributed by atoms with Crippen LogP contribution in [0.3, 0.4) is 0 Å². The summed E-state index contributed by atoms with van der Waals surface area (Å²) in [5, 5.41) is 0. The van der Waals surface area contributed by atoms with Crippen molar-refractivity contribution in [3.8, 4) is 0 Å². The quantitative estimate of drug-likeness (QED) is 0.783. The van der Waals surface area contributed by atoms with Gasteiger partial charge < -0.3 is 0 Å². The highest BCUT2D eigenvalue weighted by atomic mass is 79.9. The first-order chi connectivity index (χ1) is 7.45. The van der Waals surface area contributed by atoms with Gasteiger partial charge in [-0.25, -0.2) is 8.42 Å². The molecule has 0 aliphatic carbocycles. The maximum atomic E-state index is 11.8. The van der Waals surface area contributed by atoms with E-state index in [1.54, 1.807) is 12.1 Å². The zero-order chi connectivity index (χ0) is 12.2. The van der Waals surface area contributed by atoms with Crippen LogP contribution in [-0.4, -0.2) is 19.0 Å². The van der Waals surface area contributed by atoms with E-state index in [4.69, 9.17) is 0 Å². The minimum absolute atomic E-state index is 0.223. The van der Waals surface area contributed by atoms with E-state index in [0.717, 1.165) is 12.0 Å². The molecule has 0 saturated carbocycles. The van der Waals surface area contributed by atoms with Crippen LogP contribution in [0.2, 0.25) is 0 Å². The topological polar surface area (TPSA) is 34.1 Å². The molecule has 1 atom stereocenters. The van der Waals surface area contributed by atoms with Gasteiger partial charge in [0.25, 0.3) is 0 Å². The Kier molecular flexibility index (Phi) is 4.99. The highest BCUT2D eigenvalue weighted by Gasteiger charge is 2.12. The fourth-order valence-corrected chi connectivity index (χ4v) is 3.24. The largest absolute Gasteiger partial charge is 0.224 e. The molecule has 0 N–H and O–H groups in total. The van der Waals surface area contributed by atoms with Gasteiger partial charge in [-0.2, -0.15) is 0 Å². The van der Waals surface area contributed by atoms with Crippen LogP contribution in [-0.2, 0) is 16.3 Å². The third-order valence-corrected chi connectivity index (χ3v) is 4.53. The lowest BCUT2D eigenvalue weighted by atomic mass is 10.1. The number of hydrogen-bond donors (Lipinski definition) is 0. The lowest BCUT2D eigenvalue weighted by molar-refractivity contribution is 0.594. The highest BCUT2D eigenvalue weighted by molar-refractivity contribution is 9.09. The second kappa shape index (κ2) is 5.82. The van der Waals surface area contributed by atoms with Gasteiger partial charge in [-0.3, -0.25) is 0 Å². The molecule has 4 heteroatoms. The summed E-state index contributed by atoms with van der Waals surface area (Å²) in [6.07, 6.45) is 1.57. The van der Waals surface area contributed by atoms with Crippen molar-refractivity contribution in [1.82, 2.24) is 0 Å². The van der Waals surface area contributed by atoms with Gasteiger partial charge in [0.1, 0.15) is 0 Å². The van der Waals surface area contributed by atoms with E-state index in [-0.39, 0.29) is 5.75 Å². The molecule has 0 amide bonds. The summed E-state index contributed by atoms with van der Waals surface area (Å²) < 4.78 is 23.5. The van der Waals surface area contributed by atoms with Crippen LogP contribution in [0.15, 0.2) is 29.2 Å². The Hall–Kier alpha value is -0.350. The number of sulfone groups is 1. The molecule has 16 heavy (non-hydrogen) atoms. The molecule has 0 aromatic heterocycles. The second-order valence-electron chi connectivity index (χ2n) is 3.95.